The van der Waals surface area contributed by atoms with Gasteiger partial charge in [0.1, 0.15) is 0 Å². The Labute approximate surface area is 94.2 Å². The zero-order chi connectivity index (χ0) is 11.1. The molecule has 2 unspecified atom stereocenters. The van der Waals surface area contributed by atoms with Crippen LogP contribution in [0.1, 0.15) is 26.7 Å². The third-order valence-corrected chi connectivity index (χ3v) is 3.09. The standard InChI is InChI=1S/C12H26N2O/c1-4-13-11(2)8-14-7-5-6-12(9-14)10-15-3/h11-13H,4-10H2,1-3H3. The fourth-order valence-corrected chi connectivity index (χ4v) is 2.49. The fraction of sp³-hybridized carbons (Fsp3) is 1.00. The predicted molar refractivity (Wildman–Crippen MR) is 64.2 cm³/mol. The molecule has 1 heterocycles. The van der Waals surface area contributed by atoms with Gasteiger partial charge in [-0.25, -0.2) is 0 Å². The minimum atomic E-state index is 0.608. The highest BCUT2D eigenvalue weighted by Gasteiger charge is 2.20. The average molecular weight is 214 g/mol. The van der Waals surface area contributed by atoms with Crippen LogP contribution in [0.3, 0.4) is 0 Å². The third-order valence-electron chi connectivity index (χ3n) is 3.09. The Morgan fingerprint density at radius 1 is 1.53 bits per heavy atom. The van der Waals surface area contributed by atoms with E-state index in [1.807, 2.05) is 0 Å². The van der Waals surface area contributed by atoms with Crippen LogP contribution >= 0.6 is 0 Å². The third kappa shape index (κ3) is 4.96. The van der Waals surface area contributed by atoms with Crippen molar-refractivity contribution < 1.29 is 4.74 Å². The maximum atomic E-state index is 5.24. The number of piperidine rings is 1. The quantitative estimate of drug-likeness (QED) is 0.722. The van der Waals surface area contributed by atoms with Crippen molar-refractivity contribution in [2.24, 2.45) is 5.92 Å². The second-order valence-corrected chi connectivity index (χ2v) is 4.68. The lowest BCUT2D eigenvalue weighted by Crippen LogP contribution is -2.44. The fourth-order valence-electron chi connectivity index (χ4n) is 2.49. The Hall–Kier alpha value is -0.120. The van der Waals surface area contributed by atoms with Crippen molar-refractivity contribution in [3.8, 4) is 0 Å². The van der Waals surface area contributed by atoms with E-state index < -0.39 is 0 Å². The summed E-state index contributed by atoms with van der Waals surface area (Å²) in [6.45, 7) is 10.1. The molecular weight excluding hydrogens is 188 g/mol. The van der Waals surface area contributed by atoms with Gasteiger partial charge in [0, 0.05) is 26.2 Å². The van der Waals surface area contributed by atoms with Gasteiger partial charge in [-0.3, -0.25) is 0 Å². The summed E-state index contributed by atoms with van der Waals surface area (Å²) in [5.41, 5.74) is 0. The second kappa shape index (κ2) is 7.20. The molecule has 0 aromatic carbocycles. The number of likely N-dealkylation sites (N-methyl/N-ethyl adjacent to an activating group) is 1. The lowest BCUT2D eigenvalue weighted by Gasteiger charge is -2.34. The van der Waals surface area contributed by atoms with Crippen LogP contribution in [0.15, 0.2) is 0 Å². The van der Waals surface area contributed by atoms with E-state index in [0.29, 0.717) is 6.04 Å². The van der Waals surface area contributed by atoms with Crippen LogP contribution in [-0.4, -0.2) is 50.8 Å². The van der Waals surface area contributed by atoms with E-state index in [-0.39, 0.29) is 0 Å². The molecule has 1 rings (SSSR count). The molecule has 0 aliphatic carbocycles. The van der Waals surface area contributed by atoms with E-state index in [4.69, 9.17) is 4.74 Å². The van der Waals surface area contributed by atoms with Crippen LogP contribution < -0.4 is 5.32 Å². The molecule has 0 bridgehead atoms. The lowest BCUT2D eigenvalue weighted by atomic mass is 9.98. The predicted octanol–water partition coefficient (Wildman–Crippen LogP) is 1.34. The summed E-state index contributed by atoms with van der Waals surface area (Å²) in [6.07, 6.45) is 2.66. The largest absolute Gasteiger partial charge is 0.384 e. The molecule has 0 saturated carbocycles. The molecule has 1 saturated heterocycles. The summed E-state index contributed by atoms with van der Waals surface area (Å²) < 4.78 is 5.24. The second-order valence-electron chi connectivity index (χ2n) is 4.68. The first kappa shape index (κ1) is 12.9. The van der Waals surface area contributed by atoms with E-state index >= 15 is 0 Å². The van der Waals surface area contributed by atoms with Gasteiger partial charge >= 0.3 is 0 Å². The molecule has 0 aromatic heterocycles. The van der Waals surface area contributed by atoms with Crippen LogP contribution in [0.2, 0.25) is 0 Å². The van der Waals surface area contributed by atoms with Crippen LogP contribution in [0.5, 0.6) is 0 Å². The molecule has 1 aliphatic heterocycles. The van der Waals surface area contributed by atoms with Gasteiger partial charge in [0.05, 0.1) is 6.61 Å². The normalized spacial score (nSPS) is 25.4. The highest BCUT2D eigenvalue weighted by atomic mass is 16.5. The first-order valence-corrected chi connectivity index (χ1v) is 6.21. The average Bonchev–Trinajstić information content (AvgIpc) is 2.19. The van der Waals surface area contributed by atoms with Gasteiger partial charge in [-0.05, 0) is 38.8 Å². The van der Waals surface area contributed by atoms with Crippen molar-refractivity contribution in [2.75, 3.05) is 39.9 Å². The molecule has 15 heavy (non-hydrogen) atoms. The molecule has 1 aliphatic rings. The Morgan fingerprint density at radius 3 is 3.00 bits per heavy atom. The van der Waals surface area contributed by atoms with E-state index in [1.54, 1.807) is 7.11 Å². The first-order valence-electron chi connectivity index (χ1n) is 6.21. The van der Waals surface area contributed by atoms with E-state index in [1.165, 1.54) is 32.5 Å². The molecule has 90 valence electrons. The monoisotopic (exact) mass is 214 g/mol. The molecule has 1 fully saturated rings. The van der Waals surface area contributed by atoms with Crippen LogP contribution in [0.4, 0.5) is 0 Å². The molecule has 3 nitrogen and oxygen atoms in total. The van der Waals surface area contributed by atoms with Crippen molar-refractivity contribution >= 4 is 0 Å². The molecular formula is C12H26N2O. The SMILES string of the molecule is CCNC(C)CN1CCCC(COC)C1. The maximum absolute atomic E-state index is 5.24. The van der Waals surface area contributed by atoms with Gasteiger partial charge in [-0.15, -0.1) is 0 Å². The van der Waals surface area contributed by atoms with Gasteiger partial charge in [-0.1, -0.05) is 6.92 Å². The molecule has 3 heteroatoms. The van der Waals surface area contributed by atoms with Crippen LogP contribution in [0.25, 0.3) is 0 Å². The Morgan fingerprint density at radius 2 is 2.33 bits per heavy atom. The van der Waals surface area contributed by atoms with Crippen molar-refractivity contribution in [1.29, 1.82) is 0 Å². The smallest absolute Gasteiger partial charge is 0.0502 e. The highest BCUT2D eigenvalue weighted by Crippen LogP contribution is 2.16. The van der Waals surface area contributed by atoms with Gasteiger partial charge in [0.15, 0.2) is 0 Å². The van der Waals surface area contributed by atoms with Crippen molar-refractivity contribution in [1.82, 2.24) is 10.2 Å². The van der Waals surface area contributed by atoms with Crippen LogP contribution in [0, 0.1) is 5.92 Å². The summed E-state index contributed by atoms with van der Waals surface area (Å²) in [5, 5.41) is 3.47. The molecule has 0 amide bonds. The Bertz CT molecular complexity index is 160. The van der Waals surface area contributed by atoms with Crippen molar-refractivity contribution in [2.45, 2.75) is 32.7 Å². The van der Waals surface area contributed by atoms with E-state index in [2.05, 4.69) is 24.1 Å². The highest BCUT2D eigenvalue weighted by molar-refractivity contribution is 4.75. The zero-order valence-corrected chi connectivity index (χ0v) is 10.5. The van der Waals surface area contributed by atoms with Gasteiger partial charge in [0.25, 0.3) is 0 Å². The Balaban J connectivity index is 2.23. The van der Waals surface area contributed by atoms with Gasteiger partial charge in [0.2, 0.25) is 0 Å². The van der Waals surface area contributed by atoms with E-state index in [9.17, 15) is 0 Å². The summed E-state index contributed by atoms with van der Waals surface area (Å²) in [7, 11) is 1.81. The summed E-state index contributed by atoms with van der Waals surface area (Å²) in [6, 6.07) is 0.608. The number of ether oxygens (including phenoxy) is 1. The van der Waals surface area contributed by atoms with Gasteiger partial charge < -0.3 is 15.0 Å². The number of nitrogens with zero attached hydrogens (tertiary/aromatic N) is 1. The minimum absolute atomic E-state index is 0.608. The summed E-state index contributed by atoms with van der Waals surface area (Å²) >= 11 is 0. The molecule has 0 radical (unpaired) electrons. The van der Waals surface area contributed by atoms with Crippen molar-refractivity contribution in [3.63, 3.8) is 0 Å². The molecule has 2 atom stereocenters. The minimum Gasteiger partial charge on any atom is -0.384 e. The number of hydrogen-bond acceptors (Lipinski definition) is 3. The molecule has 0 aromatic rings. The number of rotatable bonds is 6. The summed E-state index contributed by atoms with van der Waals surface area (Å²) in [4.78, 5) is 2.57. The van der Waals surface area contributed by atoms with E-state index in [0.717, 1.165) is 19.1 Å². The lowest BCUT2D eigenvalue weighted by molar-refractivity contribution is 0.0868. The number of hydrogen-bond donors (Lipinski definition) is 1. The topological polar surface area (TPSA) is 24.5 Å². The molecule has 1 N–H and O–H groups in total. The maximum Gasteiger partial charge on any atom is 0.0502 e. The number of nitrogens with one attached hydrogen (secondary N) is 1. The summed E-state index contributed by atoms with van der Waals surface area (Å²) in [5.74, 6) is 0.748. The van der Waals surface area contributed by atoms with Crippen LogP contribution in [-0.2, 0) is 4.74 Å². The van der Waals surface area contributed by atoms with Crippen molar-refractivity contribution in [3.05, 3.63) is 0 Å². The molecule has 0 spiro atoms. The first-order chi connectivity index (χ1) is 7.26. The Kier molecular flexibility index (Phi) is 6.22. The number of likely N-dealkylation sites (tertiary alicyclic amines) is 1. The number of methoxy groups -OCH3 is 1. The zero-order valence-electron chi connectivity index (χ0n) is 10.5. The van der Waals surface area contributed by atoms with Gasteiger partial charge in [-0.2, -0.15) is 0 Å².